The molecule has 0 N–H and O–H groups in total. The van der Waals surface area contributed by atoms with E-state index in [0.717, 1.165) is 12.2 Å². The summed E-state index contributed by atoms with van der Waals surface area (Å²) in [5, 5.41) is 1.73. The molecule has 2 aromatic heterocycles. The minimum atomic E-state index is 0.0359. The van der Waals surface area contributed by atoms with Crippen LogP contribution < -0.4 is 0 Å². The molecule has 0 saturated carbocycles. The number of fused-ring (bicyclic) bond motifs is 1. The standard InChI is InChI=1S/C25H28N4S/c1-15-9-8-11-22(18(15)4)29-16(2)13-20(19(29)5)24-23(21-10-6-7-12-26-21)27-25-28(24)14-17(3)30-25/h6-13,17,23-24H,14H2,1-5H3/t17-,23-,24-/m1/s1. The van der Waals surface area contributed by atoms with Crippen molar-refractivity contribution in [3.05, 3.63) is 82.4 Å². The van der Waals surface area contributed by atoms with Gasteiger partial charge in [-0.25, -0.2) is 0 Å². The second-order valence-electron chi connectivity index (χ2n) is 8.52. The number of aliphatic imine (C=N–C) groups is 1. The van der Waals surface area contributed by atoms with Gasteiger partial charge in [-0.2, -0.15) is 0 Å². The number of nitrogens with zero attached hydrogens (tertiary/aromatic N) is 4. The molecule has 154 valence electrons. The number of amidine groups is 1. The monoisotopic (exact) mass is 416 g/mol. The Morgan fingerprint density at radius 1 is 1.03 bits per heavy atom. The Labute approximate surface area is 183 Å². The number of pyridine rings is 1. The summed E-state index contributed by atoms with van der Waals surface area (Å²) in [6.45, 7) is 12.2. The Bertz CT molecular complexity index is 1130. The maximum atomic E-state index is 5.15. The molecule has 2 aliphatic rings. The van der Waals surface area contributed by atoms with Gasteiger partial charge in [0.05, 0.1) is 11.7 Å². The first kappa shape index (κ1) is 19.4. The highest BCUT2D eigenvalue weighted by Crippen LogP contribution is 2.49. The van der Waals surface area contributed by atoms with Crippen molar-refractivity contribution in [2.75, 3.05) is 6.54 Å². The fourth-order valence-electron chi connectivity index (χ4n) is 4.89. The van der Waals surface area contributed by atoms with Crippen LogP contribution in [-0.4, -0.2) is 31.4 Å². The van der Waals surface area contributed by atoms with E-state index in [4.69, 9.17) is 4.99 Å². The van der Waals surface area contributed by atoms with Gasteiger partial charge in [-0.1, -0.05) is 36.9 Å². The molecule has 4 nitrogen and oxygen atoms in total. The lowest BCUT2D eigenvalue weighted by Gasteiger charge is -2.27. The topological polar surface area (TPSA) is 33.4 Å². The molecule has 0 unspecified atom stereocenters. The number of aromatic nitrogens is 2. The van der Waals surface area contributed by atoms with Crippen molar-refractivity contribution in [3.8, 4) is 5.69 Å². The molecule has 0 aliphatic carbocycles. The van der Waals surface area contributed by atoms with E-state index in [9.17, 15) is 0 Å². The zero-order chi connectivity index (χ0) is 21.0. The van der Waals surface area contributed by atoms with Crippen molar-refractivity contribution in [1.82, 2.24) is 14.5 Å². The summed E-state index contributed by atoms with van der Waals surface area (Å²) in [6, 6.07) is 15.3. The molecule has 0 spiro atoms. The molecule has 1 saturated heterocycles. The average molecular weight is 417 g/mol. The van der Waals surface area contributed by atoms with Gasteiger partial charge in [0.2, 0.25) is 0 Å². The maximum absolute atomic E-state index is 5.15. The van der Waals surface area contributed by atoms with Crippen LogP contribution in [0.3, 0.4) is 0 Å². The van der Waals surface area contributed by atoms with Crippen LogP contribution in [0.25, 0.3) is 5.69 Å². The van der Waals surface area contributed by atoms with Crippen molar-refractivity contribution >= 4 is 16.9 Å². The smallest absolute Gasteiger partial charge is 0.160 e. The highest BCUT2D eigenvalue weighted by molar-refractivity contribution is 8.14. The van der Waals surface area contributed by atoms with Crippen LogP contribution in [-0.2, 0) is 0 Å². The van der Waals surface area contributed by atoms with Gasteiger partial charge in [-0.3, -0.25) is 9.98 Å². The molecule has 3 atom stereocenters. The highest BCUT2D eigenvalue weighted by atomic mass is 32.2. The fraction of sp³-hybridized carbons (Fsp3) is 0.360. The number of thioether (sulfide) groups is 1. The van der Waals surface area contributed by atoms with Crippen molar-refractivity contribution < 1.29 is 0 Å². The van der Waals surface area contributed by atoms with Gasteiger partial charge >= 0.3 is 0 Å². The predicted molar refractivity (Wildman–Crippen MR) is 126 cm³/mol. The van der Waals surface area contributed by atoms with Gasteiger partial charge in [0.15, 0.2) is 5.17 Å². The Kier molecular flexibility index (Phi) is 4.73. The third-order valence-corrected chi connectivity index (χ3v) is 7.59. The van der Waals surface area contributed by atoms with Crippen LogP contribution in [0.4, 0.5) is 0 Å². The first-order chi connectivity index (χ1) is 14.5. The zero-order valence-corrected chi connectivity index (χ0v) is 19.1. The van der Waals surface area contributed by atoms with E-state index in [1.807, 2.05) is 24.0 Å². The summed E-state index contributed by atoms with van der Waals surface area (Å²) in [5.74, 6) is 0. The number of aryl methyl sites for hydroxylation is 2. The summed E-state index contributed by atoms with van der Waals surface area (Å²) >= 11 is 1.89. The summed E-state index contributed by atoms with van der Waals surface area (Å²) in [4.78, 5) is 12.3. The van der Waals surface area contributed by atoms with Gasteiger partial charge < -0.3 is 9.47 Å². The molecule has 5 heteroatoms. The molecular weight excluding hydrogens is 388 g/mol. The molecule has 3 aromatic rings. The van der Waals surface area contributed by atoms with Crippen LogP contribution in [0.5, 0.6) is 0 Å². The van der Waals surface area contributed by atoms with Crippen LogP contribution in [0.15, 0.2) is 53.7 Å². The van der Waals surface area contributed by atoms with Crippen LogP contribution >= 0.6 is 11.8 Å². The second-order valence-corrected chi connectivity index (χ2v) is 9.92. The Morgan fingerprint density at radius 3 is 2.63 bits per heavy atom. The molecule has 1 fully saturated rings. The lowest BCUT2D eigenvalue weighted by atomic mass is 9.96. The summed E-state index contributed by atoms with van der Waals surface area (Å²) < 4.78 is 2.41. The summed E-state index contributed by atoms with van der Waals surface area (Å²) in [7, 11) is 0. The fourth-order valence-corrected chi connectivity index (χ4v) is 5.98. The minimum Gasteiger partial charge on any atom is -0.341 e. The van der Waals surface area contributed by atoms with Gasteiger partial charge in [-0.05, 0) is 68.7 Å². The second kappa shape index (κ2) is 7.31. The largest absolute Gasteiger partial charge is 0.341 e. The van der Waals surface area contributed by atoms with Crippen molar-refractivity contribution in [3.63, 3.8) is 0 Å². The first-order valence-corrected chi connectivity index (χ1v) is 11.5. The van der Waals surface area contributed by atoms with Crippen LogP contribution in [0.1, 0.15) is 52.8 Å². The van der Waals surface area contributed by atoms with Gasteiger partial charge in [0.25, 0.3) is 0 Å². The molecule has 5 rings (SSSR count). The van der Waals surface area contributed by atoms with E-state index in [0.29, 0.717) is 5.25 Å². The number of rotatable bonds is 3. The number of hydrogen-bond acceptors (Lipinski definition) is 4. The van der Waals surface area contributed by atoms with Crippen molar-refractivity contribution in [2.24, 2.45) is 4.99 Å². The minimum absolute atomic E-state index is 0.0359. The molecule has 1 aromatic carbocycles. The third-order valence-electron chi connectivity index (χ3n) is 6.49. The zero-order valence-electron chi connectivity index (χ0n) is 18.3. The lowest BCUT2D eigenvalue weighted by molar-refractivity contribution is 0.320. The van der Waals surface area contributed by atoms with E-state index in [1.54, 1.807) is 0 Å². The molecule has 0 bridgehead atoms. The Hall–Kier alpha value is -2.53. The van der Waals surface area contributed by atoms with Crippen molar-refractivity contribution in [2.45, 2.75) is 52.0 Å². The third kappa shape index (κ3) is 2.99. The SMILES string of the molecule is Cc1cccc(-n2c(C)cc([C@@H]3[C@@H](c4ccccn4)N=C4S[C@H](C)CN43)c2C)c1C. The van der Waals surface area contributed by atoms with Crippen molar-refractivity contribution in [1.29, 1.82) is 0 Å². The van der Waals surface area contributed by atoms with Crippen LogP contribution in [0, 0.1) is 27.7 Å². The van der Waals surface area contributed by atoms with Gasteiger partial charge in [-0.15, -0.1) is 0 Å². The van der Waals surface area contributed by atoms with Crippen LogP contribution in [0.2, 0.25) is 0 Å². The predicted octanol–water partition coefficient (Wildman–Crippen LogP) is 5.70. The van der Waals surface area contributed by atoms with E-state index >= 15 is 0 Å². The maximum Gasteiger partial charge on any atom is 0.160 e. The average Bonchev–Trinajstić information content (AvgIpc) is 3.35. The molecule has 0 amide bonds. The van der Waals surface area contributed by atoms with E-state index in [1.165, 1.54) is 38.9 Å². The molecule has 2 aliphatic heterocycles. The van der Waals surface area contributed by atoms with E-state index < -0.39 is 0 Å². The van der Waals surface area contributed by atoms with E-state index in [-0.39, 0.29) is 12.1 Å². The highest BCUT2D eigenvalue weighted by Gasteiger charge is 2.44. The van der Waals surface area contributed by atoms with Gasteiger partial charge in [0, 0.05) is 35.1 Å². The number of benzene rings is 1. The van der Waals surface area contributed by atoms with Gasteiger partial charge in [0.1, 0.15) is 6.04 Å². The van der Waals surface area contributed by atoms with E-state index in [2.05, 4.69) is 85.5 Å². The first-order valence-electron chi connectivity index (χ1n) is 10.6. The summed E-state index contributed by atoms with van der Waals surface area (Å²) in [5.41, 5.74) is 8.91. The lowest BCUT2D eigenvalue weighted by Crippen LogP contribution is -2.28. The Morgan fingerprint density at radius 2 is 1.87 bits per heavy atom. The quantitative estimate of drug-likeness (QED) is 0.549. The molecule has 30 heavy (non-hydrogen) atoms. The molecule has 4 heterocycles. The molecular formula is C25H28N4S. The Balaban J connectivity index is 1.65. The normalized spacial score (nSPS) is 23.0. The molecule has 0 radical (unpaired) electrons. The number of hydrogen-bond donors (Lipinski definition) is 0. The summed E-state index contributed by atoms with van der Waals surface area (Å²) in [6.07, 6.45) is 1.88.